The van der Waals surface area contributed by atoms with Gasteiger partial charge >= 0.3 is 5.97 Å². The number of ketones is 1. The second kappa shape index (κ2) is 16.0. The van der Waals surface area contributed by atoms with Crippen LogP contribution < -0.4 is 15.8 Å². The van der Waals surface area contributed by atoms with E-state index in [-0.39, 0.29) is 34.4 Å². The minimum absolute atomic E-state index is 0.0000926. The number of aromatic nitrogens is 1. The molecule has 238 valence electrons. The Morgan fingerprint density at radius 1 is 1.00 bits per heavy atom. The van der Waals surface area contributed by atoms with Gasteiger partial charge in [-0.3, -0.25) is 14.6 Å². The number of amides is 1. The summed E-state index contributed by atoms with van der Waals surface area (Å²) in [6.45, 7) is 5.83. The van der Waals surface area contributed by atoms with Crippen molar-refractivity contribution in [3.63, 3.8) is 0 Å². The van der Waals surface area contributed by atoms with Gasteiger partial charge in [0.15, 0.2) is 5.78 Å². The first-order chi connectivity index (χ1) is 22.1. The number of hydrogen-bond acceptors (Lipinski definition) is 7. The van der Waals surface area contributed by atoms with Gasteiger partial charge in [0.25, 0.3) is 5.91 Å². The van der Waals surface area contributed by atoms with Gasteiger partial charge in [0.05, 0.1) is 23.9 Å². The number of hydrogen-bond donors (Lipinski definition) is 4. The zero-order valence-electron chi connectivity index (χ0n) is 25.8. The molecule has 1 heterocycles. The number of nitrogens with one attached hydrogen (secondary N) is 1. The lowest BCUT2D eigenvalue weighted by Gasteiger charge is -2.18. The van der Waals surface area contributed by atoms with Crippen molar-refractivity contribution in [3.8, 4) is 5.75 Å². The number of ether oxygens (including phenoxy) is 1. The number of carboxylic acid groups (broad SMARTS) is 1. The number of carbonyl (C=O) groups is 3. The third kappa shape index (κ3) is 9.53. The van der Waals surface area contributed by atoms with Crippen molar-refractivity contribution in [2.45, 2.75) is 44.6 Å². The fraction of sp³-hybridized carbons (Fsp3) is 0.243. The number of nitrogen functional groups attached to an aromatic ring is 1. The summed E-state index contributed by atoms with van der Waals surface area (Å²) in [6.07, 6.45) is 3.93. The molecule has 3 atom stereocenters. The molecule has 9 nitrogen and oxygen atoms in total. The highest BCUT2D eigenvalue weighted by Crippen LogP contribution is 2.47. The van der Waals surface area contributed by atoms with Crippen LogP contribution >= 0.6 is 0 Å². The number of nitrogens with zero attached hydrogens (tertiary/aromatic N) is 1. The van der Waals surface area contributed by atoms with E-state index in [1.54, 1.807) is 12.1 Å². The Bertz CT molecular complexity index is 1630. The van der Waals surface area contributed by atoms with E-state index in [0.29, 0.717) is 37.4 Å². The lowest BCUT2D eigenvalue weighted by molar-refractivity contribution is -0.121. The van der Waals surface area contributed by atoms with E-state index in [4.69, 9.17) is 20.7 Å². The number of benzene rings is 3. The van der Waals surface area contributed by atoms with E-state index < -0.39 is 12.0 Å². The molecule has 9 heteroatoms. The first-order valence-corrected chi connectivity index (χ1v) is 15.1. The quantitative estimate of drug-likeness (QED) is 0.124. The zero-order valence-corrected chi connectivity index (χ0v) is 25.8. The lowest BCUT2D eigenvalue weighted by Crippen LogP contribution is -2.42. The smallest absolute Gasteiger partial charge is 0.337 e. The molecule has 0 radical (unpaired) electrons. The van der Waals surface area contributed by atoms with Crippen LogP contribution in [0.15, 0.2) is 104 Å². The minimum atomic E-state index is -1.16. The van der Waals surface area contributed by atoms with Crippen LogP contribution in [-0.2, 0) is 11.2 Å². The summed E-state index contributed by atoms with van der Waals surface area (Å²) in [6, 6.07) is 27.8. The molecule has 1 aliphatic rings. The number of aliphatic hydroxyl groups is 1. The van der Waals surface area contributed by atoms with Crippen LogP contribution in [0.1, 0.15) is 69.6 Å². The maximum absolute atomic E-state index is 13.0. The normalized spacial score (nSPS) is 15.4. The molecule has 0 aliphatic heterocycles. The van der Waals surface area contributed by atoms with Crippen molar-refractivity contribution in [1.29, 1.82) is 0 Å². The summed E-state index contributed by atoms with van der Waals surface area (Å²) in [5.74, 6) is 0.455. The molecule has 5 N–H and O–H groups in total. The molecule has 46 heavy (non-hydrogen) atoms. The van der Waals surface area contributed by atoms with Crippen molar-refractivity contribution >= 4 is 29.1 Å². The molecule has 1 aliphatic carbocycles. The van der Waals surface area contributed by atoms with E-state index in [9.17, 15) is 14.4 Å². The molecule has 4 aromatic rings. The van der Waals surface area contributed by atoms with Crippen LogP contribution in [0.25, 0.3) is 5.76 Å². The van der Waals surface area contributed by atoms with Crippen LogP contribution in [0.2, 0.25) is 0 Å². The molecule has 1 saturated carbocycles. The van der Waals surface area contributed by atoms with Gasteiger partial charge in [-0.2, -0.15) is 0 Å². The molecule has 0 saturated heterocycles. The number of Topliss-reactive ketones (excluding diaryl/α,β-unsaturated/α-hetero) is 1. The minimum Gasteiger partial charge on any atom is -0.506 e. The number of anilines is 1. The van der Waals surface area contributed by atoms with Crippen LogP contribution in [0.4, 0.5) is 5.69 Å². The summed E-state index contributed by atoms with van der Waals surface area (Å²) in [5, 5.41) is 20.6. The Balaban J connectivity index is 0.000000310. The third-order valence-corrected chi connectivity index (χ3v) is 7.80. The highest BCUT2D eigenvalue weighted by Gasteiger charge is 2.34. The maximum Gasteiger partial charge on any atom is 0.337 e. The van der Waals surface area contributed by atoms with Crippen LogP contribution in [0.3, 0.4) is 0 Å². The average molecular weight is 622 g/mol. The fourth-order valence-electron chi connectivity index (χ4n) is 5.04. The Labute approximate surface area is 268 Å². The second-order valence-electron chi connectivity index (χ2n) is 11.2. The van der Waals surface area contributed by atoms with E-state index in [1.165, 1.54) is 24.2 Å². The number of pyridine rings is 1. The van der Waals surface area contributed by atoms with Gasteiger partial charge in [0, 0.05) is 24.6 Å². The molecule has 1 amide bonds. The maximum atomic E-state index is 13.0. The van der Waals surface area contributed by atoms with Gasteiger partial charge in [-0.1, -0.05) is 74.2 Å². The number of carbonyl (C=O) groups excluding carboxylic acids is 2. The van der Waals surface area contributed by atoms with E-state index in [2.05, 4.69) is 35.9 Å². The van der Waals surface area contributed by atoms with Gasteiger partial charge in [-0.05, 0) is 66.1 Å². The summed E-state index contributed by atoms with van der Waals surface area (Å²) in [7, 11) is 0. The number of aryl methyl sites for hydroxylation is 1. The van der Waals surface area contributed by atoms with E-state index in [1.807, 2.05) is 60.7 Å². The molecular formula is C37H39N3O6. The highest BCUT2D eigenvalue weighted by atomic mass is 16.5. The average Bonchev–Trinajstić information content (AvgIpc) is 3.80. The van der Waals surface area contributed by atoms with Crippen molar-refractivity contribution in [2.24, 2.45) is 5.92 Å². The molecule has 0 bridgehead atoms. The largest absolute Gasteiger partial charge is 0.506 e. The first-order valence-electron chi connectivity index (χ1n) is 15.1. The Morgan fingerprint density at radius 2 is 1.67 bits per heavy atom. The summed E-state index contributed by atoms with van der Waals surface area (Å²) in [4.78, 5) is 40.0. The molecule has 2 unspecified atom stereocenters. The predicted octanol–water partition coefficient (Wildman–Crippen LogP) is 6.47. The molecule has 1 aromatic heterocycles. The van der Waals surface area contributed by atoms with Crippen molar-refractivity contribution in [1.82, 2.24) is 10.3 Å². The van der Waals surface area contributed by atoms with Gasteiger partial charge in [0.1, 0.15) is 17.2 Å². The predicted molar refractivity (Wildman–Crippen MR) is 178 cm³/mol. The van der Waals surface area contributed by atoms with Gasteiger partial charge in [0.2, 0.25) is 0 Å². The molecule has 5 rings (SSSR count). The van der Waals surface area contributed by atoms with E-state index >= 15 is 0 Å². The Hall–Kier alpha value is -5.44. The van der Waals surface area contributed by atoms with Gasteiger partial charge in [-0.15, -0.1) is 0 Å². The molecule has 1 fully saturated rings. The van der Waals surface area contributed by atoms with Crippen molar-refractivity contribution < 1.29 is 29.3 Å². The van der Waals surface area contributed by atoms with Crippen molar-refractivity contribution in [2.75, 3.05) is 12.3 Å². The number of rotatable bonds is 13. The second-order valence-corrected chi connectivity index (χ2v) is 11.2. The highest BCUT2D eigenvalue weighted by molar-refractivity contribution is 5.98. The van der Waals surface area contributed by atoms with Gasteiger partial charge < -0.3 is 26.0 Å². The van der Waals surface area contributed by atoms with Crippen LogP contribution in [0.5, 0.6) is 5.75 Å². The number of aliphatic hydroxyl groups excluding tert-OH is 1. The lowest BCUT2D eigenvalue weighted by atomic mass is 10.0. The Morgan fingerprint density at radius 3 is 2.30 bits per heavy atom. The summed E-state index contributed by atoms with van der Waals surface area (Å²) < 4.78 is 5.99. The standard InChI is InChI=1S/C29H31NO3.C8H8N2O3/c1-21-19-26(21)24-13-8-14-25(20-24)33-18-17-27(30-29(32)23-11-6-3-7-12-23)28(31)16-15-22-9-4-2-5-10-22;1-4(11)7-6(9)5(8(12)13)2-3-10-7/h2-14,20-21,26-27H,15-19H2,1H3,(H,30,32);2-3,11H,1,9H2,(H,12,13)/t21?,26?,27-;/m0./s1. The first kappa shape index (κ1) is 33.5. The number of nitrogens with two attached hydrogens (primary N) is 1. The topological polar surface area (TPSA) is 152 Å². The van der Waals surface area contributed by atoms with Gasteiger partial charge in [-0.25, -0.2) is 4.79 Å². The third-order valence-electron chi connectivity index (χ3n) is 7.80. The van der Waals surface area contributed by atoms with Crippen LogP contribution in [-0.4, -0.2) is 45.5 Å². The SMILES string of the molecule is C=C(O)c1nccc(C(=O)O)c1N.CC1CC1c1cccc(OCC[C@H](NC(=O)c2ccccc2)C(=O)CCc2ccccc2)c1. The summed E-state index contributed by atoms with van der Waals surface area (Å²) >= 11 is 0. The Kier molecular flexibility index (Phi) is 11.7. The molecule has 3 aromatic carbocycles. The van der Waals surface area contributed by atoms with Crippen LogP contribution in [0, 0.1) is 5.92 Å². The monoisotopic (exact) mass is 621 g/mol. The molecular weight excluding hydrogens is 582 g/mol. The fourth-order valence-corrected chi connectivity index (χ4v) is 5.04. The van der Waals surface area contributed by atoms with E-state index in [0.717, 1.165) is 17.2 Å². The number of carboxylic acids is 1. The van der Waals surface area contributed by atoms with Crippen molar-refractivity contribution in [3.05, 3.63) is 132 Å². The summed E-state index contributed by atoms with van der Waals surface area (Å²) in [5.41, 5.74) is 8.21. The number of aromatic carboxylic acids is 1. The zero-order chi connectivity index (χ0) is 33.1. The molecule has 0 spiro atoms.